The Bertz CT molecular complexity index is 984. The van der Waals surface area contributed by atoms with Gasteiger partial charge in [-0.2, -0.15) is 4.98 Å². The van der Waals surface area contributed by atoms with Crippen LogP contribution in [0.15, 0.2) is 47.2 Å². The van der Waals surface area contributed by atoms with Gasteiger partial charge in [0.15, 0.2) is 5.78 Å². The van der Waals surface area contributed by atoms with Gasteiger partial charge in [-0.3, -0.25) is 9.59 Å². The molecule has 0 aliphatic carbocycles. The third-order valence-electron chi connectivity index (χ3n) is 4.52. The molecule has 0 radical (unpaired) electrons. The van der Waals surface area contributed by atoms with Gasteiger partial charge in [-0.1, -0.05) is 16.8 Å². The first-order chi connectivity index (χ1) is 13.6. The van der Waals surface area contributed by atoms with Gasteiger partial charge in [-0.25, -0.2) is 9.97 Å². The molecule has 142 valence electrons. The number of carbonyl (C=O) groups is 2. The number of rotatable bonds is 6. The standard InChI is InChI=1S/C19H16ClN5O3/c20-14-4-2-12(3-5-14)15(26)6-7-16(27)25-10-13(11-25)19-23-18(24-28-19)17-21-8-1-9-22-17/h1-5,8-9,13H,6-7,10-11H2. The van der Waals surface area contributed by atoms with Crippen LogP contribution in [0.5, 0.6) is 0 Å². The Morgan fingerprint density at radius 1 is 1.07 bits per heavy atom. The molecule has 9 heteroatoms. The van der Waals surface area contributed by atoms with E-state index in [9.17, 15) is 9.59 Å². The minimum absolute atomic E-state index is 0.0131. The molecule has 1 aliphatic heterocycles. The number of hydrogen-bond donors (Lipinski definition) is 0. The van der Waals surface area contributed by atoms with Crippen LogP contribution in [0.25, 0.3) is 11.6 Å². The summed E-state index contributed by atoms with van der Waals surface area (Å²) >= 11 is 5.82. The third-order valence-corrected chi connectivity index (χ3v) is 4.78. The number of Topliss-reactive ketones (excluding diaryl/α,β-unsaturated/α-hetero) is 1. The minimum atomic E-state index is -0.0773. The third kappa shape index (κ3) is 3.91. The van der Waals surface area contributed by atoms with Crippen molar-refractivity contribution in [2.75, 3.05) is 13.1 Å². The van der Waals surface area contributed by atoms with E-state index in [0.717, 1.165) is 0 Å². The molecule has 3 heterocycles. The molecule has 1 aromatic carbocycles. The van der Waals surface area contributed by atoms with Crippen LogP contribution in [0, 0.1) is 0 Å². The molecule has 0 spiro atoms. The van der Waals surface area contributed by atoms with Crippen molar-refractivity contribution in [1.82, 2.24) is 25.0 Å². The zero-order chi connectivity index (χ0) is 19.5. The molecule has 28 heavy (non-hydrogen) atoms. The van der Waals surface area contributed by atoms with E-state index in [1.54, 1.807) is 47.6 Å². The predicted molar refractivity (Wildman–Crippen MR) is 99.7 cm³/mol. The number of amides is 1. The van der Waals surface area contributed by atoms with Crippen LogP contribution in [-0.2, 0) is 4.79 Å². The maximum Gasteiger partial charge on any atom is 0.240 e. The number of carbonyl (C=O) groups excluding carboxylic acids is 2. The van der Waals surface area contributed by atoms with Gasteiger partial charge in [0.2, 0.25) is 23.4 Å². The van der Waals surface area contributed by atoms with Crippen molar-refractivity contribution >= 4 is 23.3 Å². The summed E-state index contributed by atoms with van der Waals surface area (Å²) in [4.78, 5) is 38.6. The highest BCUT2D eigenvalue weighted by Gasteiger charge is 2.35. The number of likely N-dealkylation sites (tertiary alicyclic amines) is 1. The summed E-state index contributed by atoms with van der Waals surface area (Å²) in [5, 5.41) is 4.46. The van der Waals surface area contributed by atoms with Crippen LogP contribution < -0.4 is 0 Å². The quantitative estimate of drug-likeness (QED) is 0.589. The highest BCUT2D eigenvalue weighted by molar-refractivity contribution is 6.30. The molecular weight excluding hydrogens is 382 g/mol. The molecular formula is C19H16ClN5O3. The van der Waals surface area contributed by atoms with Gasteiger partial charge in [0, 0.05) is 48.9 Å². The Morgan fingerprint density at radius 2 is 1.79 bits per heavy atom. The molecule has 8 nitrogen and oxygen atoms in total. The van der Waals surface area contributed by atoms with Crippen LogP contribution in [-0.4, -0.2) is 49.8 Å². The zero-order valence-electron chi connectivity index (χ0n) is 14.8. The molecule has 3 aromatic rings. The van der Waals surface area contributed by atoms with Crippen molar-refractivity contribution in [3.8, 4) is 11.6 Å². The fourth-order valence-electron chi connectivity index (χ4n) is 2.90. The lowest BCUT2D eigenvalue weighted by Gasteiger charge is -2.37. The number of hydrogen-bond acceptors (Lipinski definition) is 7. The second kappa shape index (κ2) is 7.85. The Labute approximate surface area is 165 Å². The second-order valence-corrected chi connectivity index (χ2v) is 6.89. The number of benzene rings is 1. The van der Waals surface area contributed by atoms with E-state index < -0.39 is 0 Å². The molecule has 2 aromatic heterocycles. The van der Waals surface area contributed by atoms with E-state index in [-0.39, 0.29) is 30.4 Å². The molecule has 1 amide bonds. The summed E-state index contributed by atoms with van der Waals surface area (Å²) in [6, 6.07) is 8.36. The van der Waals surface area contributed by atoms with Crippen LogP contribution in [0.2, 0.25) is 5.02 Å². The summed E-state index contributed by atoms with van der Waals surface area (Å²) in [6.45, 7) is 0.983. The average Bonchev–Trinajstić information content (AvgIpc) is 3.16. The van der Waals surface area contributed by atoms with Crippen molar-refractivity contribution in [3.63, 3.8) is 0 Å². The Balaban J connectivity index is 1.27. The van der Waals surface area contributed by atoms with E-state index in [1.165, 1.54) is 0 Å². The lowest BCUT2D eigenvalue weighted by molar-refractivity contribution is -0.135. The molecule has 0 N–H and O–H groups in total. The highest BCUT2D eigenvalue weighted by atomic mass is 35.5. The molecule has 0 bridgehead atoms. The number of nitrogens with zero attached hydrogens (tertiary/aromatic N) is 5. The van der Waals surface area contributed by atoms with Crippen LogP contribution >= 0.6 is 11.6 Å². The van der Waals surface area contributed by atoms with Crippen molar-refractivity contribution in [3.05, 3.63) is 59.2 Å². The number of halogens is 1. The Kier molecular flexibility index (Phi) is 5.12. The minimum Gasteiger partial charge on any atom is -0.341 e. The summed E-state index contributed by atoms with van der Waals surface area (Å²) in [7, 11) is 0. The van der Waals surface area contributed by atoms with Crippen LogP contribution in [0.1, 0.15) is 35.0 Å². The molecule has 0 unspecified atom stereocenters. The maximum atomic E-state index is 12.3. The molecule has 4 rings (SSSR count). The summed E-state index contributed by atoms with van der Waals surface area (Å²) in [6.07, 6.45) is 3.54. The van der Waals surface area contributed by atoms with Crippen molar-refractivity contribution in [2.24, 2.45) is 0 Å². The Morgan fingerprint density at radius 3 is 2.50 bits per heavy atom. The smallest absolute Gasteiger partial charge is 0.240 e. The summed E-state index contributed by atoms with van der Waals surface area (Å²) in [5.41, 5.74) is 0.556. The average molecular weight is 398 g/mol. The highest BCUT2D eigenvalue weighted by Crippen LogP contribution is 2.27. The van der Waals surface area contributed by atoms with Crippen LogP contribution in [0.4, 0.5) is 0 Å². The molecule has 1 aliphatic rings. The molecule has 0 saturated carbocycles. The molecule has 0 atom stereocenters. The normalized spacial score (nSPS) is 14.0. The lowest BCUT2D eigenvalue weighted by atomic mass is 9.98. The van der Waals surface area contributed by atoms with Gasteiger partial charge in [-0.05, 0) is 30.3 Å². The second-order valence-electron chi connectivity index (χ2n) is 6.45. The van der Waals surface area contributed by atoms with Crippen molar-refractivity contribution < 1.29 is 14.1 Å². The van der Waals surface area contributed by atoms with E-state index in [2.05, 4.69) is 20.1 Å². The van der Waals surface area contributed by atoms with E-state index in [1.807, 2.05) is 0 Å². The molecule has 1 saturated heterocycles. The van der Waals surface area contributed by atoms with Gasteiger partial charge < -0.3 is 9.42 Å². The van der Waals surface area contributed by atoms with Gasteiger partial charge in [0.05, 0.1) is 5.92 Å². The van der Waals surface area contributed by atoms with Gasteiger partial charge >= 0.3 is 0 Å². The van der Waals surface area contributed by atoms with Gasteiger partial charge in [-0.15, -0.1) is 0 Å². The van der Waals surface area contributed by atoms with Gasteiger partial charge in [0.25, 0.3) is 0 Å². The summed E-state index contributed by atoms with van der Waals surface area (Å²) < 4.78 is 5.27. The first kappa shape index (κ1) is 18.2. The lowest BCUT2D eigenvalue weighted by Crippen LogP contribution is -2.48. The predicted octanol–water partition coefficient (Wildman–Crippen LogP) is 2.77. The van der Waals surface area contributed by atoms with Crippen molar-refractivity contribution in [2.45, 2.75) is 18.8 Å². The number of ketones is 1. The van der Waals surface area contributed by atoms with E-state index in [4.69, 9.17) is 16.1 Å². The maximum absolute atomic E-state index is 12.3. The van der Waals surface area contributed by atoms with E-state index in [0.29, 0.717) is 41.2 Å². The van der Waals surface area contributed by atoms with E-state index >= 15 is 0 Å². The fourth-order valence-corrected chi connectivity index (χ4v) is 3.03. The number of aromatic nitrogens is 4. The summed E-state index contributed by atoms with van der Waals surface area (Å²) in [5.74, 6) is 1.03. The molecule has 1 fully saturated rings. The van der Waals surface area contributed by atoms with Crippen molar-refractivity contribution in [1.29, 1.82) is 0 Å². The largest absolute Gasteiger partial charge is 0.341 e. The van der Waals surface area contributed by atoms with Crippen LogP contribution in [0.3, 0.4) is 0 Å². The fraction of sp³-hybridized carbons (Fsp3) is 0.263. The Hall–Kier alpha value is -3.13. The topological polar surface area (TPSA) is 102 Å². The SMILES string of the molecule is O=C(CCC(=O)N1CC(c2nc(-c3ncccn3)no2)C1)c1ccc(Cl)cc1. The monoisotopic (exact) mass is 397 g/mol. The zero-order valence-corrected chi connectivity index (χ0v) is 15.5. The van der Waals surface area contributed by atoms with Gasteiger partial charge in [0.1, 0.15) is 0 Å². The first-order valence-electron chi connectivity index (χ1n) is 8.77. The first-order valence-corrected chi connectivity index (χ1v) is 9.15.